The highest BCUT2D eigenvalue weighted by molar-refractivity contribution is 6.37. The molecular formula is C10H10Cl2N3O+. The molecule has 1 fully saturated rings. The van der Waals surface area contributed by atoms with Gasteiger partial charge < -0.3 is 9.64 Å². The summed E-state index contributed by atoms with van der Waals surface area (Å²) in [5.41, 5.74) is 1.13. The van der Waals surface area contributed by atoms with Crippen LogP contribution in [0.25, 0.3) is 4.98 Å². The average molecular weight is 259 g/mol. The number of benzene rings is 1. The summed E-state index contributed by atoms with van der Waals surface area (Å²) in [7, 11) is 0. The summed E-state index contributed by atoms with van der Waals surface area (Å²) >= 11 is 12.1. The summed E-state index contributed by atoms with van der Waals surface area (Å²) in [4.78, 5) is 5.15. The van der Waals surface area contributed by atoms with Crippen LogP contribution in [0.5, 0.6) is 0 Å². The van der Waals surface area contributed by atoms with Crippen molar-refractivity contribution in [2.24, 2.45) is 0 Å². The van der Waals surface area contributed by atoms with Crippen LogP contribution in [0.2, 0.25) is 10.0 Å². The van der Waals surface area contributed by atoms with E-state index in [0.717, 1.165) is 18.8 Å². The van der Waals surface area contributed by atoms with Crippen molar-refractivity contribution < 1.29 is 4.74 Å². The van der Waals surface area contributed by atoms with Gasteiger partial charge in [0, 0.05) is 13.1 Å². The lowest BCUT2D eigenvalue weighted by atomic mass is 10.2. The van der Waals surface area contributed by atoms with Gasteiger partial charge in [-0.25, -0.2) is 0 Å². The molecule has 6 heteroatoms. The first-order valence-corrected chi connectivity index (χ1v) is 5.65. The van der Waals surface area contributed by atoms with E-state index in [-0.39, 0.29) is 5.69 Å². The lowest BCUT2D eigenvalue weighted by Gasteiger charge is -2.29. The molecule has 0 aromatic heterocycles. The molecule has 0 spiro atoms. The third-order valence-corrected chi connectivity index (χ3v) is 3.08. The molecule has 1 heterocycles. The number of halogens is 2. The van der Waals surface area contributed by atoms with E-state index in [2.05, 4.69) is 9.88 Å². The summed E-state index contributed by atoms with van der Waals surface area (Å²) < 4.78 is 5.26. The van der Waals surface area contributed by atoms with Crippen molar-refractivity contribution in [3.63, 3.8) is 0 Å². The number of morpholine rings is 1. The fourth-order valence-corrected chi connectivity index (χ4v) is 2.12. The molecule has 4 nitrogen and oxygen atoms in total. The second kappa shape index (κ2) is 4.88. The van der Waals surface area contributed by atoms with Crippen molar-refractivity contribution in [1.29, 1.82) is 5.39 Å². The van der Waals surface area contributed by atoms with E-state index < -0.39 is 0 Å². The second-order valence-electron chi connectivity index (χ2n) is 3.45. The fourth-order valence-electron chi connectivity index (χ4n) is 1.65. The fraction of sp³-hybridized carbons (Fsp3) is 0.400. The number of hydrogen-bond donors (Lipinski definition) is 0. The van der Waals surface area contributed by atoms with Gasteiger partial charge in [-0.05, 0) is 6.07 Å². The zero-order valence-corrected chi connectivity index (χ0v) is 10.0. The van der Waals surface area contributed by atoms with Gasteiger partial charge in [0.1, 0.15) is 5.02 Å². The molecule has 1 saturated heterocycles. The van der Waals surface area contributed by atoms with E-state index in [1.807, 2.05) is 0 Å². The van der Waals surface area contributed by atoms with Gasteiger partial charge in [0.2, 0.25) is 5.39 Å². The normalized spacial score (nSPS) is 15.9. The Kier molecular flexibility index (Phi) is 3.49. The Hall–Kier alpha value is -1.02. The highest BCUT2D eigenvalue weighted by Crippen LogP contribution is 2.36. The van der Waals surface area contributed by atoms with Crippen LogP contribution < -0.4 is 4.90 Å². The zero-order valence-electron chi connectivity index (χ0n) is 8.49. The molecule has 0 radical (unpaired) electrons. The molecule has 84 valence electrons. The number of diazo groups is 1. The van der Waals surface area contributed by atoms with Gasteiger partial charge in [-0.2, -0.15) is 0 Å². The smallest absolute Gasteiger partial charge is 0.378 e. The van der Waals surface area contributed by atoms with Crippen molar-refractivity contribution in [3.05, 3.63) is 27.2 Å². The van der Waals surface area contributed by atoms with E-state index in [1.165, 1.54) is 0 Å². The molecule has 0 atom stereocenters. The average Bonchev–Trinajstić information content (AvgIpc) is 2.32. The first kappa shape index (κ1) is 11.5. The maximum Gasteiger partial charge on any atom is 0.405 e. The molecule has 1 aromatic rings. The van der Waals surface area contributed by atoms with Gasteiger partial charge in [0.15, 0.2) is 4.98 Å². The minimum Gasteiger partial charge on any atom is -0.378 e. The summed E-state index contributed by atoms with van der Waals surface area (Å²) in [6, 6.07) is 3.26. The minimum absolute atomic E-state index is 0.281. The van der Waals surface area contributed by atoms with Gasteiger partial charge in [0.25, 0.3) is 0 Å². The van der Waals surface area contributed by atoms with Crippen molar-refractivity contribution in [3.8, 4) is 0 Å². The predicted octanol–water partition coefficient (Wildman–Crippen LogP) is 3.31. The van der Waals surface area contributed by atoms with Crippen LogP contribution in [-0.4, -0.2) is 26.3 Å². The van der Waals surface area contributed by atoms with Crippen LogP contribution in [0.3, 0.4) is 0 Å². The molecular weight excluding hydrogens is 249 g/mol. The summed E-state index contributed by atoms with van der Waals surface area (Å²) in [5.74, 6) is 0. The number of rotatable bonds is 1. The van der Waals surface area contributed by atoms with Crippen molar-refractivity contribution in [1.82, 2.24) is 0 Å². The van der Waals surface area contributed by atoms with Crippen molar-refractivity contribution in [2.75, 3.05) is 31.2 Å². The SMILES string of the molecule is N#[N+]c1cc(Cl)c(N2CCOCC2)cc1Cl. The second-order valence-corrected chi connectivity index (χ2v) is 4.27. The molecule has 0 saturated carbocycles. The minimum atomic E-state index is 0.281. The third kappa shape index (κ3) is 2.22. The maximum atomic E-state index is 8.69. The molecule has 0 aliphatic carbocycles. The molecule has 0 N–H and O–H groups in total. The number of anilines is 1. The van der Waals surface area contributed by atoms with Gasteiger partial charge in [-0.3, -0.25) is 0 Å². The summed E-state index contributed by atoms with van der Waals surface area (Å²) in [6.07, 6.45) is 0. The first-order valence-electron chi connectivity index (χ1n) is 4.89. The predicted molar refractivity (Wildman–Crippen MR) is 64.2 cm³/mol. The lowest BCUT2D eigenvalue weighted by Crippen LogP contribution is -2.36. The summed E-state index contributed by atoms with van der Waals surface area (Å²) in [6.45, 7) is 2.93. The molecule has 0 amide bonds. The monoisotopic (exact) mass is 258 g/mol. The van der Waals surface area contributed by atoms with Crippen LogP contribution in [0.15, 0.2) is 12.1 Å². The van der Waals surface area contributed by atoms with E-state index in [9.17, 15) is 0 Å². The zero-order chi connectivity index (χ0) is 11.5. The Morgan fingerprint density at radius 3 is 2.50 bits per heavy atom. The first-order chi connectivity index (χ1) is 7.72. The van der Waals surface area contributed by atoms with Crippen LogP contribution in [-0.2, 0) is 4.74 Å². The maximum absolute atomic E-state index is 8.69. The van der Waals surface area contributed by atoms with E-state index in [4.69, 9.17) is 33.3 Å². The van der Waals surface area contributed by atoms with E-state index in [1.54, 1.807) is 12.1 Å². The lowest BCUT2D eigenvalue weighted by molar-refractivity contribution is 0.122. The van der Waals surface area contributed by atoms with Crippen LogP contribution in [0.4, 0.5) is 11.4 Å². The van der Waals surface area contributed by atoms with Gasteiger partial charge in [-0.15, -0.1) is 0 Å². The largest absolute Gasteiger partial charge is 0.405 e. The molecule has 2 rings (SSSR count). The van der Waals surface area contributed by atoms with Crippen LogP contribution in [0, 0.1) is 5.39 Å². The number of ether oxygens (including phenoxy) is 1. The van der Waals surface area contributed by atoms with Gasteiger partial charge in [-0.1, -0.05) is 23.2 Å². The van der Waals surface area contributed by atoms with Gasteiger partial charge in [0.05, 0.1) is 30.0 Å². The molecule has 0 unspecified atom stereocenters. The third-order valence-electron chi connectivity index (χ3n) is 2.48. The highest BCUT2D eigenvalue weighted by atomic mass is 35.5. The highest BCUT2D eigenvalue weighted by Gasteiger charge is 2.20. The van der Waals surface area contributed by atoms with Crippen molar-refractivity contribution >= 4 is 34.6 Å². The van der Waals surface area contributed by atoms with E-state index >= 15 is 0 Å². The van der Waals surface area contributed by atoms with E-state index in [0.29, 0.717) is 23.3 Å². The Morgan fingerprint density at radius 2 is 1.88 bits per heavy atom. The number of hydrogen-bond acceptors (Lipinski definition) is 3. The van der Waals surface area contributed by atoms with Crippen molar-refractivity contribution in [2.45, 2.75) is 0 Å². The van der Waals surface area contributed by atoms with Crippen LogP contribution >= 0.6 is 23.2 Å². The molecule has 0 bridgehead atoms. The molecule has 1 aliphatic heterocycles. The topological polar surface area (TPSA) is 40.6 Å². The van der Waals surface area contributed by atoms with Gasteiger partial charge >= 0.3 is 5.69 Å². The Balaban J connectivity index is 2.34. The summed E-state index contributed by atoms with van der Waals surface area (Å²) in [5, 5.41) is 9.60. The number of nitrogens with zero attached hydrogens (tertiary/aromatic N) is 3. The Morgan fingerprint density at radius 1 is 1.19 bits per heavy atom. The van der Waals surface area contributed by atoms with Crippen LogP contribution in [0.1, 0.15) is 0 Å². The quantitative estimate of drug-likeness (QED) is 0.726. The standard InChI is InChI=1S/C10H10Cl2N3O/c11-7-6-10(8(12)5-9(7)14-13)15-1-3-16-4-2-15/h5-6H,1-4H2/q+1. The molecule has 1 aromatic carbocycles. The Labute approximate surface area is 103 Å². The molecule has 1 aliphatic rings. The Bertz CT molecular complexity index is 438. The molecule has 16 heavy (non-hydrogen) atoms.